The zero-order chi connectivity index (χ0) is 13.8. The first-order chi connectivity index (χ1) is 9.11. The molecule has 0 bridgehead atoms. The number of hydrogen-bond acceptors (Lipinski definition) is 2. The summed E-state index contributed by atoms with van der Waals surface area (Å²) in [6, 6.07) is 13.7. The van der Waals surface area contributed by atoms with Crippen LogP contribution in [-0.4, -0.2) is 6.26 Å². The van der Waals surface area contributed by atoms with Crippen molar-refractivity contribution in [3.63, 3.8) is 0 Å². The van der Waals surface area contributed by atoms with Gasteiger partial charge in [-0.1, -0.05) is 41.4 Å². The summed E-state index contributed by atoms with van der Waals surface area (Å²) in [4.78, 5) is 1.23. The van der Waals surface area contributed by atoms with E-state index in [0.717, 1.165) is 11.1 Å². The molecule has 0 spiro atoms. The summed E-state index contributed by atoms with van der Waals surface area (Å²) in [5, 5.41) is 1.34. The summed E-state index contributed by atoms with van der Waals surface area (Å²) >= 11 is 14.0. The van der Waals surface area contributed by atoms with Crippen LogP contribution in [0.2, 0.25) is 10.0 Å². The highest BCUT2D eigenvalue weighted by Crippen LogP contribution is 2.29. The van der Waals surface area contributed by atoms with E-state index in [2.05, 4.69) is 30.5 Å². The molecule has 0 saturated heterocycles. The van der Waals surface area contributed by atoms with Crippen molar-refractivity contribution in [3.8, 4) is 0 Å². The normalized spacial score (nSPS) is 12.4. The minimum Gasteiger partial charge on any atom is -0.324 e. The molecule has 100 valence electrons. The maximum Gasteiger partial charge on any atom is 0.0453 e. The number of halogens is 2. The van der Waals surface area contributed by atoms with Gasteiger partial charge in [-0.15, -0.1) is 11.8 Å². The van der Waals surface area contributed by atoms with Crippen LogP contribution in [0.5, 0.6) is 0 Å². The van der Waals surface area contributed by atoms with Gasteiger partial charge in [0.15, 0.2) is 0 Å². The van der Waals surface area contributed by atoms with Gasteiger partial charge in [-0.2, -0.15) is 0 Å². The van der Waals surface area contributed by atoms with Crippen molar-refractivity contribution in [3.05, 3.63) is 63.6 Å². The van der Waals surface area contributed by atoms with Crippen molar-refractivity contribution in [2.75, 3.05) is 6.26 Å². The number of rotatable bonds is 4. The molecule has 0 radical (unpaired) electrons. The monoisotopic (exact) mass is 311 g/mol. The largest absolute Gasteiger partial charge is 0.324 e. The summed E-state index contributed by atoms with van der Waals surface area (Å²) in [7, 11) is 0. The number of benzene rings is 2. The van der Waals surface area contributed by atoms with Gasteiger partial charge in [0.1, 0.15) is 0 Å². The van der Waals surface area contributed by atoms with Crippen molar-refractivity contribution < 1.29 is 0 Å². The fourth-order valence-corrected chi connectivity index (χ4v) is 2.88. The highest BCUT2D eigenvalue weighted by molar-refractivity contribution is 7.98. The lowest BCUT2D eigenvalue weighted by atomic mass is 10.00. The van der Waals surface area contributed by atoms with Crippen LogP contribution in [0.4, 0.5) is 0 Å². The molecule has 0 amide bonds. The Morgan fingerprint density at radius 3 is 2.16 bits per heavy atom. The quantitative estimate of drug-likeness (QED) is 0.808. The van der Waals surface area contributed by atoms with Gasteiger partial charge in [-0.3, -0.25) is 0 Å². The maximum atomic E-state index is 6.23. The summed E-state index contributed by atoms with van der Waals surface area (Å²) in [6.45, 7) is 0. The molecule has 2 aromatic rings. The lowest BCUT2D eigenvalue weighted by molar-refractivity contribution is 0.721. The standard InChI is InChI=1S/C15H15Cl2NS/c1-19-11-7-5-10(6-8-11)15(18)9-12-13(16)3-2-4-14(12)17/h2-8,15H,9,18H2,1H3. The van der Waals surface area contributed by atoms with E-state index in [1.54, 1.807) is 11.8 Å². The summed E-state index contributed by atoms with van der Waals surface area (Å²) < 4.78 is 0. The maximum absolute atomic E-state index is 6.23. The SMILES string of the molecule is CSc1ccc(C(N)Cc2c(Cl)cccc2Cl)cc1. The molecule has 0 aromatic heterocycles. The van der Waals surface area contributed by atoms with Crippen molar-refractivity contribution in [2.24, 2.45) is 5.73 Å². The lowest BCUT2D eigenvalue weighted by Gasteiger charge is -2.14. The smallest absolute Gasteiger partial charge is 0.0453 e. The second-order valence-corrected chi connectivity index (χ2v) is 5.98. The van der Waals surface area contributed by atoms with E-state index in [-0.39, 0.29) is 6.04 Å². The van der Waals surface area contributed by atoms with Crippen LogP contribution in [0.1, 0.15) is 17.2 Å². The predicted molar refractivity (Wildman–Crippen MR) is 85.3 cm³/mol. The Balaban J connectivity index is 2.18. The molecule has 0 aliphatic carbocycles. The molecule has 2 rings (SSSR count). The van der Waals surface area contributed by atoms with Crippen LogP contribution < -0.4 is 5.73 Å². The molecule has 0 saturated carbocycles. The number of hydrogen-bond donors (Lipinski definition) is 1. The van der Waals surface area contributed by atoms with Crippen LogP contribution in [-0.2, 0) is 6.42 Å². The Labute approximate surface area is 128 Å². The van der Waals surface area contributed by atoms with Gasteiger partial charge in [0.05, 0.1) is 0 Å². The summed E-state index contributed by atoms with van der Waals surface area (Å²) in [6.07, 6.45) is 2.69. The second kappa shape index (κ2) is 6.67. The van der Waals surface area contributed by atoms with E-state index >= 15 is 0 Å². The van der Waals surface area contributed by atoms with Crippen molar-refractivity contribution in [1.82, 2.24) is 0 Å². The molecule has 2 N–H and O–H groups in total. The van der Waals surface area contributed by atoms with Crippen molar-refractivity contribution >= 4 is 35.0 Å². The van der Waals surface area contributed by atoms with E-state index in [0.29, 0.717) is 16.5 Å². The molecule has 1 unspecified atom stereocenters. The minimum atomic E-state index is -0.103. The fourth-order valence-electron chi connectivity index (χ4n) is 1.92. The molecule has 0 aliphatic heterocycles. The topological polar surface area (TPSA) is 26.0 Å². The third kappa shape index (κ3) is 3.67. The van der Waals surface area contributed by atoms with Crippen LogP contribution in [0.25, 0.3) is 0 Å². The molecular weight excluding hydrogens is 297 g/mol. The Morgan fingerprint density at radius 2 is 1.63 bits per heavy atom. The third-order valence-electron chi connectivity index (χ3n) is 3.03. The summed E-state index contributed by atoms with van der Waals surface area (Å²) in [5.41, 5.74) is 8.23. The molecule has 0 aliphatic rings. The molecule has 0 heterocycles. The third-order valence-corrected chi connectivity index (χ3v) is 4.48. The van der Waals surface area contributed by atoms with Crippen LogP contribution >= 0.6 is 35.0 Å². The fraction of sp³-hybridized carbons (Fsp3) is 0.200. The number of nitrogens with two attached hydrogens (primary N) is 1. The Kier molecular flexibility index (Phi) is 5.17. The first-order valence-corrected chi connectivity index (χ1v) is 7.92. The minimum absolute atomic E-state index is 0.103. The zero-order valence-electron chi connectivity index (χ0n) is 10.6. The van der Waals surface area contributed by atoms with Gasteiger partial charge in [0, 0.05) is 21.0 Å². The van der Waals surface area contributed by atoms with Gasteiger partial charge in [-0.05, 0) is 48.1 Å². The number of thioether (sulfide) groups is 1. The summed E-state index contributed by atoms with van der Waals surface area (Å²) in [5.74, 6) is 0. The van der Waals surface area contributed by atoms with Crippen molar-refractivity contribution in [2.45, 2.75) is 17.4 Å². The molecule has 4 heteroatoms. The molecule has 1 nitrogen and oxygen atoms in total. The Hall–Kier alpha value is -0.670. The van der Waals surface area contributed by atoms with E-state index < -0.39 is 0 Å². The van der Waals surface area contributed by atoms with E-state index in [1.165, 1.54) is 4.90 Å². The van der Waals surface area contributed by atoms with Gasteiger partial charge in [0.25, 0.3) is 0 Å². The molecule has 19 heavy (non-hydrogen) atoms. The van der Waals surface area contributed by atoms with Crippen molar-refractivity contribution in [1.29, 1.82) is 0 Å². The highest BCUT2D eigenvalue weighted by atomic mass is 35.5. The van der Waals surface area contributed by atoms with E-state index in [9.17, 15) is 0 Å². The van der Waals surface area contributed by atoms with Gasteiger partial charge >= 0.3 is 0 Å². The first-order valence-electron chi connectivity index (χ1n) is 5.94. The van der Waals surface area contributed by atoms with Gasteiger partial charge in [-0.25, -0.2) is 0 Å². The second-order valence-electron chi connectivity index (χ2n) is 4.28. The van der Waals surface area contributed by atoms with Crippen LogP contribution in [0.15, 0.2) is 47.4 Å². The van der Waals surface area contributed by atoms with E-state index in [1.807, 2.05) is 18.2 Å². The molecule has 0 fully saturated rings. The van der Waals surface area contributed by atoms with E-state index in [4.69, 9.17) is 28.9 Å². The Morgan fingerprint density at radius 1 is 1.05 bits per heavy atom. The van der Waals surface area contributed by atoms with Crippen LogP contribution in [0.3, 0.4) is 0 Å². The average Bonchev–Trinajstić information content (AvgIpc) is 2.43. The predicted octanol–water partition coefficient (Wildman–Crippen LogP) is 4.96. The van der Waals surface area contributed by atoms with Gasteiger partial charge < -0.3 is 5.73 Å². The van der Waals surface area contributed by atoms with Crippen LogP contribution in [0, 0.1) is 0 Å². The zero-order valence-corrected chi connectivity index (χ0v) is 12.9. The first kappa shape index (κ1) is 14.7. The molecular formula is C15H15Cl2NS. The highest BCUT2D eigenvalue weighted by Gasteiger charge is 2.12. The molecule has 2 aromatic carbocycles. The molecule has 1 atom stereocenters. The van der Waals surface area contributed by atoms with Gasteiger partial charge in [0.2, 0.25) is 0 Å². The lowest BCUT2D eigenvalue weighted by Crippen LogP contribution is -2.13. The Bertz CT molecular complexity index is 534. The average molecular weight is 312 g/mol.